The third kappa shape index (κ3) is 2.98. The summed E-state index contributed by atoms with van der Waals surface area (Å²) in [5.41, 5.74) is -0.316. The minimum atomic E-state index is -1.58. The minimum Gasteiger partial charge on any atom is -0.449 e. The molecular formula is C17H19FN4O4. The summed E-state index contributed by atoms with van der Waals surface area (Å²) in [6.07, 6.45) is 1.57. The van der Waals surface area contributed by atoms with Crippen molar-refractivity contribution in [2.75, 3.05) is 24.5 Å². The number of carbonyl (C=O) groups is 1. The SMILES string of the molecule is CC1CN(c2nc3c(cc2F)c(=O)c(OC(=O)O)cn3C2CC2)CCN1. The third-order valence-corrected chi connectivity index (χ3v) is 4.71. The highest BCUT2D eigenvalue weighted by Gasteiger charge is 2.29. The van der Waals surface area contributed by atoms with E-state index in [1.807, 2.05) is 11.8 Å². The Kier molecular flexibility index (Phi) is 4.03. The van der Waals surface area contributed by atoms with Crippen LogP contribution in [0.5, 0.6) is 5.75 Å². The van der Waals surface area contributed by atoms with E-state index in [1.165, 1.54) is 6.20 Å². The zero-order valence-electron chi connectivity index (χ0n) is 14.2. The number of hydrogen-bond acceptors (Lipinski definition) is 6. The standard InChI is InChI=1S/C17H19FN4O4/c1-9-7-21(5-4-19-9)16-12(18)6-11-14(23)13(26-17(24)25)8-22(10-2-3-10)15(11)20-16/h6,8-10,19H,2-5,7H2,1H3,(H,24,25). The van der Waals surface area contributed by atoms with Crippen LogP contribution >= 0.6 is 0 Å². The maximum Gasteiger partial charge on any atom is 0.511 e. The average molecular weight is 362 g/mol. The smallest absolute Gasteiger partial charge is 0.449 e. The summed E-state index contributed by atoms with van der Waals surface area (Å²) >= 11 is 0. The molecule has 2 aromatic rings. The van der Waals surface area contributed by atoms with Crippen LogP contribution in [-0.4, -0.2) is 46.5 Å². The fourth-order valence-corrected chi connectivity index (χ4v) is 3.36. The monoisotopic (exact) mass is 362 g/mol. The van der Waals surface area contributed by atoms with Gasteiger partial charge in [0, 0.05) is 31.7 Å². The molecule has 0 amide bonds. The molecule has 3 heterocycles. The summed E-state index contributed by atoms with van der Waals surface area (Å²) in [6.45, 7) is 3.97. The van der Waals surface area contributed by atoms with Crippen molar-refractivity contribution in [1.82, 2.24) is 14.9 Å². The number of nitrogens with one attached hydrogen (secondary N) is 1. The van der Waals surface area contributed by atoms with Gasteiger partial charge < -0.3 is 24.6 Å². The summed E-state index contributed by atoms with van der Waals surface area (Å²) < 4.78 is 21.0. The number of anilines is 1. The van der Waals surface area contributed by atoms with Crippen molar-refractivity contribution in [3.8, 4) is 5.75 Å². The van der Waals surface area contributed by atoms with Crippen LogP contribution in [-0.2, 0) is 0 Å². The largest absolute Gasteiger partial charge is 0.511 e. The molecule has 2 fully saturated rings. The molecule has 4 rings (SSSR count). The van der Waals surface area contributed by atoms with Crippen LogP contribution in [0.2, 0.25) is 0 Å². The van der Waals surface area contributed by atoms with Gasteiger partial charge in [0.15, 0.2) is 17.4 Å². The van der Waals surface area contributed by atoms with Crippen LogP contribution in [0.1, 0.15) is 25.8 Å². The Bertz CT molecular complexity index is 940. The van der Waals surface area contributed by atoms with E-state index < -0.39 is 17.4 Å². The Labute approximate surface area is 148 Å². The second-order valence-corrected chi connectivity index (χ2v) is 6.80. The molecule has 1 aliphatic heterocycles. The van der Waals surface area contributed by atoms with Crippen LogP contribution in [0.3, 0.4) is 0 Å². The lowest BCUT2D eigenvalue weighted by molar-refractivity contribution is 0.143. The number of piperazine rings is 1. The average Bonchev–Trinajstić information content (AvgIpc) is 3.42. The molecule has 9 heteroatoms. The van der Waals surface area contributed by atoms with E-state index in [0.29, 0.717) is 18.7 Å². The fourth-order valence-electron chi connectivity index (χ4n) is 3.36. The third-order valence-electron chi connectivity index (χ3n) is 4.71. The Morgan fingerprint density at radius 2 is 2.23 bits per heavy atom. The van der Waals surface area contributed by atoms with Gasteiger partial charge >= 0.3 is 6.16 Å². The van der Waals surface area contributed by atoms with Crippen molar-refractivity contribution in [3.63, 3.8) is 0 Å². The van der Waals surface area contributed by atoms with Gasteiger partial charge in [0.05, 0.1) is 11.6 Å². The highest BCUT2D eigenvalue weighted by Crippen LogP contribution is 2.38. The Balaban J connectivity index is 1.88. The molecule has 0 aromatic carbocycles. The molecule has 8 nitrogen and oxygen atoms in total. The van der Waals surface area contributed by atoms with Crippen molar-refractivity contribution in [2.45, 2.75) is 31.8 Å². The molecule has 2 N–H and O–H groups in total. The van der Waals surface area contributed by atoms with Gasteiger partial charge in [0.1, 0.15) is 5.65 Å². The van der Waals surface area contributed by atoms with Gasteiger partial charge in [0.25, 0.3) is 0 Å². The first-order chi connectivity index (χ1) is 12.4. The lowest BCUT2D eigenvalue weighted by Gasteiger charge is -2.33. The molecule has 138 valence electrons. The van der Waals surface area contributed by atoms with Crippen LogP contribution in [0, 0.1) is 5.82 Å². The number of halogens is 1. The quantitative estimate of drug-likeness (QED) is 0.803. The topological polar surface area (TPSA) is 96.7 Å². The van der Waals surface area contributed by atoms with Gasteiger partial charge in [-0.2, -0.15) is 0 Å². The molecule has 26 heavy (non-hydrogen) atoms. The van der Waals surface area contributed by atoms with Gasteiger partial charge in [-0.05, 0) is 25.8 Å². The predicted molar refractivity (Wildman–Crippen MR) is 92.6 cm³/mol. The van der Waals surface area contributed by atoms with E-state index >= 15 is 0 Å². The van der Waals surface area contributed by atoms with Crippen molar-refractivity contribution >= 4 is 23.0 Å². The van der Waals surface area contributed by atoms with Gasteiger partial charge in [-0.1, -0.05) is 0 Å². The number of fused-ring (bicyclic) bond motifs is 1. The predicted octanol–water partition coefficient (Wildman–Crippen LogP) is 1.73. The molecule has 2 aromatic heterocycles. The number of rotatable bonds is 3. The van der Waals surface area contributed by atoms with Crippen molar-refractivity contribution in [2.24, 2.45) is 0 Å². The van der Waals surface area contributed by atoms with Crippen molar-refractivity contribution < 1.29 is 19.0 Å². The summed E-state index contributed by atoms with van der Waals surface area (Å²) in [5, 5.41) is 12.2. The lowest BCUT2D eigenvalue weighted by atomic mass is 10.2. The van der Waals surface area contributed by atoms with E-state index in [9.17, 15) is 14.0 Å². The van der Waals surface area contributed by atoms with Crippen LogP contribution in [0.15, 0.2) is 17.1 Å². The van der Waals surface area contributed by atoms with E-state index in [2.05, 4.69) is 15.0 Å². The molecule has 1 saturated heterocycles. The molecule has 1 unspecified atom stereocenters. The molecule has 2 aliphatic rings. The second-order valence-electron chi connectivity index (χ2n) is 6.80. The number of hydrogen-bond donors (Lipinski definition) is 2. The Hall–Kier alpha value is -2.68. The van der Waals surface area contributed by atoms with E-state index in [1.54, 1.807) is 4.57 Å². The number of pyridine rings is 2. The van der Waals surface area contributed by atoms with E-state index in [-0.39, 0.29) is 29.0 Å². The first kappa shape index (κ1) is 16.8. The zero-order chi connectivity index (χ0) is 18.4. The second kappa shape index (κ2) is 6.24. The van der Waals surface area contributed by atoms with E-state index in [0.717, 1.165) is 25.5 Å². The molecule has 1 aliphatic carbocycles. The highest BCUT2D eigenvalue weighted by molar-refractivity contribution is 5.80. The van der Waals surface area contributed by atoms with Crippen LogP contribution in [0.25, 0.3) is 11.0 Å². The van der Waals surface area contributed by atoms with Crippen molar-refractivity contribution in [3.05, 3.63) is 28.3 Å². The van der Waals surface area contributed by atoms with Crippen molar-refractivity contribution in [1.29, 1.82) is 0 Å². The molecular weight excluding hydrogens is 343 g/mol. The number of aromatic nitrogens is 2. The first-order valence-electron chi connectivity index (χ1n) is 8.58. The molecule has 0 radical (unpaired) electrons. The minimum absolute atomic E-state index is 0.0279. The first-order valence-corrected chi connectivity index (χ1v) is 8.58. The zero-order valence-corrected chi connectivity index (χ0v) is 14.2. The van der Waals surface area contributed by atoms with Gasteiger partial charge in [-0.15, -0.1) is 0 Å². The number of nitrogens with zero attached hydrogens (tertiary/aromatic N) is 3. The maximum absolute atomic E-state index is 14.7. The van der Waals surface area contributed by atoms with Gasteiger partial charge in [0.2, 0.25) is 5.43 Å². The fraction of sp³-hybridized carbons (Fsp3) is 0.471. The normalized spacial score (nSPS) is 20.4. The highest BCUT2D eigenvalue weighted by atomic mass is 19.1. The number of ether oxygens (including phenoxy) is 1. The van der Waals surface area contributed by atoms with Crippen LogP contribution in [0.4, 0.5) is 15.0 Å². The van der Waals surface area contributed by atoms with E-state index in [4.69, 9.17) is 5.11 Å². The molecule has 0 bridgehead atoms. The number of carboxylic acid groups (broad SMARTS) is 1. The summed E-state index contributed by atoms with van der Waals surface area (Å²) in [6, 6.07) is 1.46. The molecule has 0 spiro atoms. The Morgan fingerprint density at radius 1 is 1.46 bits per heavy atom. The van der Waals surface area contributed by atoms with Gasteiger partial charge in [-0.3, -0.25) is 4.79 Å². The lowest BCUT2D eigenvalue weighted by Crippen LogP contribution is -2.49. The Morgan fingerprint density at radius 3 is 2.88 bits per heavy atom. The molecule has 1 saturated carbocycles. The van der Waals surface area contributed by atoms with Crippen LogP contribution < -0.4 is 20.4 Å². The summed E-state index contributed by atoms with van der Waals surface area (Å²) in [5.74, 6) is -0.716. The summed E-state index contributed by atoms with van der Waals surface area (Å²) in [4.78, 5) is 29.7. The summed E-state index contributed by atoms with van der Waals surface area (Å²) in [7, 11) is 0. The molecule has 1 atom stereocenters. The van der Waals surface area contributed by atoms with Gasteiger partial charge in [-0.25, -0.2) is 14.2 Å². The maximum atomic E-state index is 14.7.